The summed E-state index contributed by atoms with van der Waals surface area (Å²) in [6.45, 7) is 1.16. The van der Waals surface area contributed by atoms with Crippen molar-refractivity contribution < 1.29 is 18.7 Å². The first kappa shape index (κ1) is 20.8. The second-order valence-electron chi connectivity index (χ2n) is 7.79. The maximum Gasteiger partial charge on any atom is 0.292 e. The minimum absolute atomic E-state index is 0.0261. The van der Waals surface area contributed by atoms with Crippen LogP contribution in [0.15, 0.2) is 39.5 Å². The number of nitrogens with one attached hydrogen (secondary N) is 2. The third-order valence-corrected chi connectivity index (χ3v) is 6.52. The molecule has 1 fully saturated rings. The molecule has 2 amide bonds. The number of hydrogen-bond donors (Lipinski definition) is 2. The van der Waals surface area contributed by atoms with Gasteiger partial charge in [0.2, 0.25) is 5.91 Å². The first-order chi connectivity index (χ1) is 15.6. The van der Waals surface area contributed by atoms with Crippen LogP contribution >= 0.6 is 11.8 Å². The highest BCUT2D eigenvalue weighted by Crippen LogP contribution is 2.35. The van der Waals surface area contributed by atoms with Crippen molar-refractivity contribution in [1.29, 1.82) is 0 Å². The fraction of sp³-hybridized carbons (Fsp3) is 0.364. The number of amides is 2. The van der Waals surface area contributed by atoms with Gasteiger partial charge in [0.25, 0.3) is 5.91 Å². The second-order valence-corrected chi connectivity index (χ2v) is 8.77. The molecule has 0 bridgehead atoms. The summed E-state index contributed by atoms with van der Waals surface area (Å²) in [4.78, 5) is 37.8. The normalized spacial score (nSPS) is 17.4. The van der Waals surface area contributed by atoms with Gasteiger partial charge in [-0.15, -0.1) is 0 Å². The van der Waals surface area contributed by atoms with E-state index in [0.29, 0.717) is 34.8 Å². The SMILES string of the molecule is O=C(Cn1nc2c(c1NC(=O)c1cc(=O)c3ccccc3o1)CSC2)NCC1CCCO1. The summed E-state index contributed by atoms with van der Waals surface area (Å²) in [5.74, 6) is 0.995. The largest absolute Gasteiger partial charge is 0.451 e. The van der Waals surface area contributed by atoms with E-state index in [1.54, 1.807) is 36.0 Å². The van der Waals surface area contributed by atoms with Gasteiger partial charge in [-0.25, -0.2) is 4.68 Å². The quantitative estimate of drug-likeness (QED) is 0.587. The third-order valence-electron chi connectivity index (χ3n) is 5.55. The Labute approximate surface area is 187 Å². The molecule has 4 heterocycles. The van der Waals surface area contributed by atoms with Gasteiger partial charge >= 0.3 is 0 Å². The molecule has 2 aromatic heterocycles. The van der Waals surface area contributed by atoms with Gasteiger partial charge in [0, 0.05) is 36.3 Å². The molecule has 5 rings (SSSR count). The van der Waals surface area contributed by atoms with E-state index in [2.05, 4.69) is 15.7 Å². The van der Waals surface area contributed by atoms with Gasteiger partial charge in [-0.1, -0.05) is 12.1 Å². The van der Waals surface area contributed by atoms with Gasteiger partial charge in [-0.3, -0.25) is 14.4 Å². The lowest BCUT2D eigenvalue weighted by atomic mass is 10.2. The molecule has 9 nitrogen and oxygen atoms in total. The summed E-state index contributed by atoms with van der Waals surface area (Å²) < 4.78 is 12.7. The number of carbonyl (C=O) groups excluding carboxylic acids is 2. The number of thioether (sulfide) groups is 1. The molecule has 1 aromatic carbocycles. The topological polar surface area (TPSA) is 115 Å². The van der Waals surface area contributed by atoms with E-state index < -0.39 is 5.91 Å². The molecule has 2 aliphatic heterocycles. The highest BCUT2D eigenvalue weighted by Gasteiger charge is 2.26. The summed E-state index contributed by atoms with van der Waals surface area (Å²) in [6, 6.07) is 7.95. The number of benzene rings is 1. The van der Waals surface area contributed by atoms with Crippen molar-refractivity contribution in [3.8, 4) is 0 Å². The number of ether oxygens (including phenoxy) is 1. The molecule has 1 saturated heterocycles. The number of hydrogen-bond acceptors (Lipinski definition) is 7. The van der Waals surface area contributed by atoms with Crippen molar-refractivity contribution in [3.63, 3.8) is 0 Å². The van der Waals surface area contributed by atoms with Gasteiger partial charge in [-0.2, -0.15) is 16.9 Å². The van der Waals surface area contributed by atoms with Crippen molar-refractivity contribution in [2.24, 2.45) is 0 Å². The smallest absolute Gasteiger partial charge is 0.292 e. The minimum Gasteiger partial charge on any atom is -0.451 e. The molecule has 10 heteroatoms. The number of aromatic nitrogens is 2. The summed E-state index contributed by atoms with van der Waals surface area (Å²) in [5.41, 5.74) is 1.78. The highest BCUT2D eigenvalue weighted by atomic mass is 32.2. The molecule has 0 radical (unpaired) electrons. The van der Waals surface area contributed by atoms with Crippen molar-refractivity contribution in [1.82, 2.24) is 15.1 Å². The molecule has 0 saturated carbocycles. The van der Waals surface area contributed by atoms with E-state index in [0.717, 1.165) is 30.7 Å². The number of carbonyl (C=O) groups is 2. The summed E-state index contributed by atoms with van der Waals surface area (Å²) in [5, 5.41) is 10.6. The predicted octanol–water partition coefficient (Wildman–Crippen LogP) is 2.28. The predicted molar refractivity (Wildman–Crippen MR) is 120 cm³/mol. The van der Waals surface area contributed by atoms with E-state index in [9.17, 15) is 14.4 Å². The lowest BCUT2D eigenvalue weighted by Gasteiger charge is -2.13. The summed E-state index contributed by atoms with van der Waals surface area (Å²) >= 11 is 1.69. The van der Waals surface area contributed by atoms with Crippen LogP contribution in [0.5, 0.6) is 0 Å². The van der Waals surface area contributed by atoms with Crippen LogP contribution in [0, 0.1) is 0 Å². The molecule has 1 unspecified atom stereocenters. The molecule has 0 spiro atoms. The maximum absolute atomic E-state index is 12.9. The zero-order valence-corrected chi connectivity index (χ0v) is 18.1. The molecule has 166 valence electrons. The Kier molecular flexibility index (Phi) is 5.71. The minimum atomic E-state index is -0.562. The highest BCUT2D eigenvalue weighted by molar-refractivity contribution is 7.98. The molecule has 2 aliphatic rings. The standard InChI is InChI=1S/C22H22N4O5S/c27-17-8-19(31-18-6-2-1-5-14(17)18)22(29)24-21-15-11-32-12-16(15)25-26(21)10-20(28)23-9-13-4-3-7-30-13/h1-2,5-6,8,13H,3-4,7,9-12H2,(H,23,28)(H,24,29). The molecular formula is C22H22N4O5S. The first-order valence-corrected chi connectivity index (χ1v) is 11.6. The van der Waals surface area contributed by atoms with Crippen LogP contribution < -0.4 is 16.1 Å². The van der Waals surface area contributed by atoms with E-state index >= 15 is 0 Å². The number of rotatable bonds is 6. The van der Waals surface area contributed by atoms with Crippen molar-refractivity contribution in [2.45, 2.75) is 37.0 Å². The Morgan fingerprint density at radius 1 is 1.25 bits per heavy atom. The lowest BCUT2D eigenvalue weighted by molar-refractivity contribution is -0.122. The van der Waals surface area contributed by atoms with E-state index in [-0.39, 0.29) is 29.7 Å². The first-order valence-electron chi connectivity index (χ1n) is 10.5. The number of nitrogens with zero attached hydrogens (tertiary/aromatic N) is 2. The average Bonchev–Trinajstić information content (AvgIpc) is 3.52. The van der Waals surface area contributed by atoms with Crippen LogP contribution in [0.2, 0.25) is 0 Å². The van der Waals surface area contributed by atoms with E-state index in [4.69, 9.17) is 9.15 Å². The molecule has 1 atom stereocenters. The zero-order chi connectivity index (χ0) is 22.1. The Morgan fingerprint density at radius 2 is 2.12 bits per heavy atom. The fourth-order valence-electron chi connectivity index (χ4n) is 3.93. The van der Waals surface area contributed by atoms with Gasteiger partial charge in [0.05, 0.1) is 17.2 Å². The molecular weight excluding hydrogens is 432 g/mol. The fourth-order valence-corrected chi connectivity index (χ4v) is 4.97. The van der Waals surface area contributed by atoms with Gasteiger partial charge < -0.3 is 19.8 Å². The van der Waals surface area contributed by atoms with Crippen LogP contribution in [0.1, 0.15) is 34.7 Å². The average molecular weight is 455 g/mol. The van der Waals surface area contributed by atoms with Crippen LogP contribution in [0.4, 0.5) is 5.82 Å². The monoisotopic (exact) mass is 454 g/mol. The van der Waals surface area contributed by atoms with Gasteiger partial charge in [0.15, 0.2) is 11.2 Å². The second kappa shape index (κ2) is 8.79. The third kappa shape index (κ3) is 4.15. The Bertz CT molecular complexity index is 1240. The van der Waals surface area contributed by atoms with Gasteiger partial charge in [0.1, 0.15) is 17.9 Å². The molecule has 32 heavy (non-hydrogen) atoms. The van der Waals surface area contributed by atoms with Crippen LogP contribution in [0.3, 0.4) is 0 Å². The van der Waals surface area contributed by atoms with Crippen molar-refractivity contribution in [2.75, 3.05) is 18.5 Å². The van der Waals surface area contributed by atoms with Gasteiger partial charge in [-0.05, 0) is 25.0 Å². The maximum atomic E-state index is 12.9. The molecule has 0 aliphatic carbocycles. The number of anilines is 1. The van der Waals surface area contributed by atoms with Crippen LogP contribution in [-0.4, -0.2) is 40.9 Å². The van der Waals surface area contributed by atoms with Crippen LogP contribution in [-0.2, 0) is 27.6 Å². The summed E-state index contributed by atoms with van der Waals surface area (Å²) in [7, 11) is 0. The molecule has 3 aromatic rings. The molecule has 2 N–H and O–H groups in total. The summed E-state index contributed by atoms with van der Waals surface area (Å²) in [6.07, 6.45) is 1.99. The lowest BCUT2D eigenvalue weighted by Crippen LogP contribution is -2.34. The van der Waals surface area contributed by atoms with Crippen LogP contribution in [0.25, 0.3) is 11.0 Å². The Balaban J connectivity index is 1.35. The Hall–Kier alpha value is -3.11. The van der Waals surface area contributed by atoms with E-state index in [1.165, 1.54) is 10.7 Å². The van der Waals surface area contributed by atoms with E-state index in [1.807, 2.05) is 0 Å². The Morgan fingerprint density at radius 3 is 2.97 bits per heavy atom. The van der Waals surface area contributed by atoms with Crippen molar-refractivity contribution >= 4 is 40.4 Å². The number of para-hydroxylation sites is 1. The number of fused-ring (bicyclic) bond motifs is 2. The zero-order valence-electron chi connectivity index (χ0n) is 17.3. The van der Waals surface area contributed by atoms with Crippen molar-refractivity contribution in [3.05, 3.63) is 57.6 Å².